The zero-order valence-corrected chi connectivity index (χ0v) is 28.4. The molecule has 4 aromatic heterocycles. The summed E-state index contributed by atoms with van der Waals surface area (Å²) in [5, 5.41) is 35.3. The van der Waals surface area contributed by atoms with E-state index in [0.717, 1.165) is 22.6 Å². The molecule has 4 N–H and O–H groups in total. The third-order valence-electron chi connectivity index (χ3n) is 6.02. The average Bonchev–Trinajstić information content (AvgIpc) is 3.65. The number of nitrogens with two attached hydrogens (primary N) is 1. The van der Waals surface area contributed by atoms with Gasteiger partial charge in [-0.05, 0) is 39.8 Å². The number of hydrogen-bond acceptors (Lipinski definition) is 12. The molecule has 0 aliphatic rings. The number of nitrogens with zero attached hydrogens (tertiary/aromatic N) is 5. The lowest BCUT2D eigenvalue weighted by Crippen LogP contribution is -2.50. The molecule has 0 unspecified atom stereocenters. The van der Waals surface area contributed by atoms with E-state index in [1.165, 1.54) is 58.1 Å². The maximum atomic E-state index is 12.1. The lowest BCUT2D eigenvalue weighted by atomic mass is 10.0. The van der Waals surface area contributed by atoms with Crippen LogP contribution in [0.15, 0.2) is 97.1 Å². The predicted molar refractivity (Wildman–Crippen MR) is 169 cm³/mol. The fourth-order valence-corrected chi connectivity index (χ4v) is 4.55. The highest BCUT2D eigenvalue weighted by molar-refractivity contribution is 7.90. The van der Waals surface area contributed by atoms with Gasteiger partial charge in [0.1, 0.15) is 0 Å². The Hall–Kier alpha value is -4.29. The second-order valence-electron chi connectivity index (χ2n) is 11.3. The fraction of sp³-hybridized carbons (Fsp3) is 0.345. The Morgan fingerprint density at radius 3 is 1.59 bits per heavy atom. The van der Waals surface area contributed by atoms with Gasteiger partial charge in [0.25, 0.3) is 21.1 Å². The topological polar surface area (TPSA) is 220 Å². The van der Waals surface area contributed by atoms with Crippen LogP contribution in [0, 0.1) is 0 Å². The van der Waals surface area contributed by atoms with E-state index in [4.69, 9.17) is 9.56 Å². The highest BCUT2D eigenvalue weighted by atomic mass is 32.2. The molecule has 0 spiro atoms. The third-order valence-corrected chi connectivity index (χ3v) is 7.92. The zero-order valence-electron chi connectivity index (χ0n) is 26.8. The second-order valence-corrected chi connectivity index (χ2v) is 14.3. The first-order valence-electron chi connectivity index (χ1n) is 13.5. The summed E-state index contributed by atoms with van der Waals surface area (Å²) in [6.45, 7) is 6.01. The summed E-state index contributed by atoms with van der Waals surface area (Å²) < 4.78 is 59.7. The molecule has 17 heteroatoms. The normalized spacial score (nSPS) is 12.4. The van der Waals surface area contributed by atoms with Crippen LogP contribution in [0.2, 0.25) is 0 Å². The number of aromatic nitrogens is 2. The maximum absolute atomic E-state index is 12.1. The van der Waals surface area contributed by atoms with E-state index >= 15 is 0 Å². The first kappa shape index (κ1) is 37.9. The molecule has 4 heterocycles. The quantitative estimate of drug-likeness (QED) is 0.142. The summed E-state index contributed by atoms with van der Waals surface area (Å²) in [4.78, 5) is 7.78. The first-order valence-corrected chi connectivity index (χ1v) is 16.4. The number of aliphatic hydroxyl groups is 2. The number of hydrogen-bond donors (Lipinski definition) is 3. The number of pyridine rings is 2. The molecule has 0 aliphatic heterocycles. The molecule has 0 saturated carbocycles. The zero-order chi connectivity index (χ0) is 35.1. The molecule has 4 rings (SSSR count). The van der Waals surface area contributed by atoms with Gasteiger partial charge in [0, 0.05) is 91.7 Å². The molecule has 252 valence electrons. The van der Waals surface area contributed by atoms with E-state index < -0.39 is 42.4 Å². The molecule has 0 fully saturated rings. The SMILES string of the molecule is CC(C)(O)c1coc(S(N)(=O)=O)c1.CN(C)c1cc[n+](C([O-])=NS(=O)(=O)c2cc(C(C)(C)O)co2)cc1.CN(C)c1ccncc1. The Labute approximate surface area is 269 Å². The van der Waals surface area contributed by atoms with Crippen LogP contribution in [0.1, 0.15) is 38.8 Å². The van der Waals surface area contributed by atoms with E-state index in [9.17, 15) is 32.2 Å². The van der Waals surface area contributed by atoms with E-state index in [1.807, 2.05) is 50.1 Å². The van der Waals surface area contributed by atoms with Crippen LogP contribution in [-0.2, 0) is 31.2 Å². The monoisotopic (exact) mass is 680 g/mol. The summed E-state index contributed by atoms with van der Waals surface area (Å²) in [5.41, 5.74) is 0.279. The summed E-state index contributed by atoms with van der Waals surface area (Å²) in [6, 6.07) is 8.63. The molecule has 4 aromatic rings. The van der Waals surface area contributed by atoms with E-state index in [-0.39, 0.29) is 10.7 Å². The summed E-state index contributed by atoms with van der Waals surface area (Å²) >= 11 is 0. The molecule has 0 amide bonds. The molecular weight excluding hydrogens is 640 g/mol. The van der Waals surface area contributed by atoms with Gasteiger partial charge in [-0.1, -0.05) is 0 Å². The highest BCUT2D eigenvalue weighted by Gasteiger charge is 2.28. The number of sulfonamides is 2. The van der Waals surface area contributed by atoms with Gasteiger partial charge in [0.05, 0.1) is 36.1 Å². The van der Waals surface area contributed by atoms with Gasteiger partial charge >= 0.3 is 10.0 Å². The van der Waals surface area contributed by atoms with Crippen molar-refractivity contribution < 1.29 is 45.6 Å². The molecule has 0 aromatic carbocycles. The lowest BCUT2D eigenvalue weighted by molar-refractivity contribution is -0.613. The van der Waals surface area contributed by atoms with Gasteiger partial charge in [-0.25, -0.2) is 18.1 Å². The number of rotatable bonds is 7. The molecule has 15 nitrogen and oxygen atoms in total. The van der Waals surface area contributed by atoms with E-state index in [2.05, 4.69) is 13.8 Å². The largest absolute Gasteiger partial charge is 0.806 e. The Morgan fingerprint density at radius 1 is 0.826 bits per heavy atom. The van der Waals surface area contributed by atoms with Gasteiger partial charge < -0.3 is 34.0 Å². The predicted octanol–water partition coefficient (Wildman–Crippen LogP) is 1.12. The smallest absolute Gasteiger partial charge is 0.402 e. The molecule has 0 bridgehead atoms. The van der Waals surface area contributed by atoms with Crippen LogP contribution in [-0.4, -0.2) is 66.2 Å². The van der Waals surface area contributed by atoms with Crippen LogP contribution in [0.4, 0.5) is 11.4 Å². The van der Waals surface area contributed by atoms with Crippen molar-refractivity contribution in [2.75, 3.05) is 38.0 Å². The fourth-order valence-electron chi connectivity index (χ4n) is 3.24. The third kappa shape index (κ3) is 11.3. The Kier molecular flexibility index (Phi) is 12.2. The minimum absolute atomic E-state index is 0.270. The Bertz CT molecular complexity index is 1800. The van der Waals surface area contributed by atoms with Gasteiger partial charge in [-0.15, -0.1) is 0 Å². The minimum atomic E-state index is -4.31. The van der Waals surface area contributed by atoms with Crippen molar-refractivity contribution in [1.82, 2.24) is 4.98 Å². The van der Waals surface area contributed by atoms with Crippen LogP contribution in [0.5, 0.6) is 0 Å². The van der Waals surface area contributed by atoms with Gasteiger partial charge in [-0.3, -0.25) is 4.98 Å². The maximum Gasteiger partial charge on any atom is 0.402 e. The summed E-state index contributed by atoms with van der Waals surface area (Å²) in [6.07, 6.45) is 8.69. The van der Waals surface area contributed by atoms with Crippen molar-refractivity contribution in [2.45, 2.75) is 49.1 Å². The van der Waals surface area contributed by atoms with Crippen LogP contribution < -0.4 is 24.6 Å². The molecule has 46 heavy (non-hydrogen) atoms. The van der Waals surface area contributed by atoms with Crippen molar-refractivity contribution in [3.05, 3.63) is 84.8 Å². The van der Waals surface area contributed by atoms with E-state index in [0.29, 0.717) is 5.56 Å². The lowest BCUT2D eigenvalue weighted by Gasteiger charge is -2.13. The molecule has 0 aliphatic carbocycles. The van der Waals surface area contributed by atoms with Gasteiger partial charge in [0.15, 0.2) is 0 Å². The standard InChI is InChI=1S/C15H19N3O5S.C7H10N2.C7H11NO4S/c1-15(2,20)11-9-13(23-10-11)24(21,22)16-14(19)18-7-5-12(6-8-18)17(3)4;1-9(2)7-3-5-8-6-4-7;1-7(2,9)5-3-6(12-4-5)13(8,10)11/h5-10,20H,1-4H3;3-6H,1-2H3;3-4,9H,1-2H3,(H2,8,10,11). The number of anilines is 2. The average molecular weight is 681 g/mol. The minimum Gasteiger partial charge on any atom is -0.806 e. The second kappa shape index (κ2) is 14.9. The Morgan fingerprint density at radius 2 is 1.24 bits per heavy atom. The summed E-state index contributed by atoms with van der Waals surface area (Å²) in [7, 11) is -0.427. The van der Waals surface area contributed by atoms with Gasteiger partial charge in [0.2, 0.25) is 5.09 Å². The summed E-state index contributed by atoms with van der Waals surface area (Å²) in [5.74, 6) is 0. The number of primary sulfonamides is 1. The highest BCUT2D eigenvalue weighted by Crippen LogP contribution is 2.25. The van der Waals surface area contributed by atoms with Crippen molar-refractivity contribution in [3.8, 4) is 0 Å². The molecule has 0 atom stereocenters. The van der Waals surface area contributed by atoms with Crippen molar-refractivity contribution in [3.63, 3.8) is 0 Å². The molecule has 0 saturated heterocycles. The van der Waals surface area contributed by atoms with Crippen LogP contribution in [0.25, 0.3) is 0 Å². The molecular formula is C29H40N6O9S2. The van der Waals surface area contributed by atoms with Crippen molar-refractivity contribution in [1.29, 1.82) is 0 Å². The van der Waals surface area contributed by atoms with E-state index in [1.54, 1.807) is 24.5 Å². The number of furan rings is 2. The first-order chi connectivity index (χ1) is 21.0. The van der Waals surface area contributed by atoms with Crippen LogP contribution in [0.3, 0.4) is 0 Å². The van der Waals surface area contributed by atoms with Gasteiger partial charge in [-0.2, -0.15) is 8.42 Å². The van der Waals surface area contributed by atoms with Crippen molar-refractivity contribution >= 4 is 37.4 Å². The van der Waals surface area contributed by atoms with Crippen LogP contribution >= 0.6 is 0 Å². The Balaban J connectivity index is 0.000000278. The molecule has 0 radical (unpaired) electrons. The van der Waals surface area contributed by atoms with Crippen molar-refractivity contribution in [2.24, 2.45) is 9.54 Å².